The molecular weight excluding hydrogens is 172 g/mol. The van der Waals surface area contributed by atoms with Crippen LogP contribution >= 0.6 is 0 Å². The summed E-state index contributed by atoms with van der Waals surface area (Å²) in [5.74, 6) is 0. The topological polar surface area (TPSA) is 85.5 Å². The molecule has 0 saturated carbocycles. The maximum Gasteiger partial charge on any atom is 3.00 e. The van der Waals surface area contributed by atoms with Crippen molar-refractivity contribution in [2.45, 2.75) is 0 Å². The first-order valence-corrected chi connectivity index (χ1v) is 0. The molecule has 0 aliphatic rings. The fourth-order valence-electron chi connectivity index (χ4n) is 0. The van der Waals surface area contributed by atoms with Crippen LogP contribution in [-0.2, 0) is 16.4 Å². The molecule has 0 aromatic heterocycles. The second kappa shape index (κ2) is 146. The van der Waals surface area contributed by atoms with E-state index in [-0.39, 0.29) is 114 Å². The van der Waals surface area contributed by atoms with Crippen molar-refractivity contribution in [3.63, 3.8) is 0 Å². The van der Waals surface area contributed by atoms with Gasteiger partial charge in [0.25, 0.3) is 0 Å². The van der Waals surface area contributed by atoms with E-state index in [0.717, 1.165) is 0 Å². The smallest absolute Gasteiger partial charge is 2.00 e. The van der Waals surface area contributed by atoms with Crippen LogP contribution in [0.1, 0.15) is 2.85 Å². The van der Waals surface area contributed by atoms with Gasteiger partial charge < -0.3 is 19.3 Å². The Labute approximate surface area is 113 Å². The molecule has 0 bridgehead atoms. The second-order valence-electron chi connectivity index (χ2n) is 0. The second-order valence-corrected chi connectivity index (χ2v) is 0. The Morgan fingerprint density at radius 2 is 0.556 bits per heavy atom. The molecule has 0 radical (unpaired) electrons. The summed E-state index contributed by atoms with van der Waals surface area (Å²) in [4.78, 5) is 0. The van der Waals surface area contributed by atoms with Gasteiger partial charge in [-0.05, 0) is 21.9 Å². The van der Waals surface area contributed by atoms with Crippen molar-refractivity contribution in [3.05, 3.63) is 0 Å². The molecule has 9 heavy (non-hydrogen) atoms. The first-order valence-electron chi connectivity index (χ1n) is 0. The van der Waals surface area contributed by atoms with E-state index >= 15 is 0 Å². The Morgan fingerprint density at radius 3 is 0.556 bits per heavy atom. The van der Waals surface area contributed by atoms with E-state index in [0.29, 0.717) is 0 Å². The summed E-state index contributed by atoms with van der Waals surface area (Å²) in [7, 11) is 0. The zero-order chi connectivity index (χ0) is 0. The maximum absolute atomic E-state index is 0. The third-order valence-corrected chi connectivity index (χ3v) is 0. The van der Waals surface area contributed by atoms with Crippen LogP contribution in [0.25, 0.3) is 0 Å². The molecule has 0 aromatic rings. The summed E-state index contributed by atoms with van der Waals surface area (Å²) in [5, 5.41) is 0. The van der Waals surface area contributed by atoms with Crippen molar-refractivity contribution in [2.24, 2.45) is 0 Å². The van der Waals surface area contributed by atoms with Gasteiger partial charge in [0.2, 0.25) is 0 Å². The van der Waals surface area contributed by atoms with E-state index < -0.39 is 0 Å². The summed E-state index contributed by atoms with van der Waals surface area (Å²) >= 11 is 0. The molecule has 0 amide bonds. The Morgan fingerprint density at radius 1 is 0.556 bits per heavy atom. The quantitative estimate of drug-likeness (QED) is 0.333. The van der Waals surface area contributed by atoms with Crippen LogP contribution in [0.3, 0.4) is 0 Å². The zero-order valence-electron chi connectivity index (χ0n) is 6.38. The molecule has 0 aliphatic carbocycles. The van der Waals surface area contributed by atoms with E-state index in [4.69, 9.17) is 0 Å². The first kappa shape index (κ1) is 195. The Bertz CT molecular complexity index is 25.3. The molecule has 0 N–H and O–H groups in total. The third kappa shape index (κ3) is 117. The Hall–Kier alpha value is 2.57. The van der Waals surface area contributed by atoms with Crippen LogP contribution in [0.4, 0.5) is 0 Å². The standard InChI is InChI=1S/2Al.2Li.3O.2H4Si.2H/h;;;;;;;2*1H4;;/q2*+3;2*+1;3*-2;;;2*-1. The Balaban J connectivity index is 0. The van der Waals surface area contributed by atoms with Crippen LogP contribution in [0.2, 0.25) is 0 Å². The van der Waals surface area contributed by atoms with Gasteiger partial charge in [-0.3, -0.25) is 0 Å². The van der Waals surface area contributed by atoms with Gasteiger partial charge in [-0.2, -0.15) is 0 Å². The van der Waals surface area contributed by atoms with Crippen molar-refractivity contribution in [1.29, 1.82) is 0 Å². The minimum absolute atomic E-state index is 0. The predicted octanol–water partition coefficient (Wildman–Crippen LogP) is -9.79. The summed E-state index contributed by atoms with van der Waals surface area (Å²) in [6.45, 7) is 0. The molecule has 0 unspecified atom stereocenters. The molecule has 0 rings (SSSR count). The predicted molar refractivity (Wildman–Crippen MR) is 38.5 cm³/mol. The molecular formula is H10Al2Li2O3Si2. The van der Waals surface area contributed by atoms with Gasteiger partial charge in [0.15, 0.2) is 0 Å². The van der Waals surface area contributed by atoms with Gasteiger partial charge in [0.1, 0.15) is 0 Å². The minimum atomic E-state index is 0. The van der Waals surface area contributed by atoms with Crippen molar-refractivity contribution in [3.8, 4) is 0 Å². The zero-order valence-corrected chi connectivity index (χ0v) is 6.69. The van der Waals surface area contributed by atoms with Gasteiger partial charge >= 0.3 is 72.4 Å². The van der Waals surface area contributed by atoms with Gasteiger partial charge in [-0.1, -0.05) is 0 Å². The monoisotopic (exact) mass is 182 g/mol. The molecule has 3 nitrogen and oxygen atoms in total. The van der Waals surface area contributed by atoms with Crippen LogP contribution < -0.4 is 37.7 Å². The first-order chi connectivity index (χ1) is 0. The summed E-state index contributed by atoms with van der Waals surface area (Å²) in [6, 6.07) is 0. The maximum atomic E-state index is 0. The molecule has 9 heteroatoms. The van der Waals surface area contributed by atoms with E-state index in [9.17, 15) is 0 Å². The molecule has 0 aliphatic heterocycles. The molecule has 0 heterocycles. The molecule has 44 valence electrons. The molecule has 0 saturated heterocycles. The van der Waals surface area contributed by atoms with Crippen LogP contribution in [0, 0.1) is 0 Å². The molecule has 0 spiro atoms. The van der Waals surface area contributed by atoms with Gasteiger partial charge in [0, 0.05) is 0 Å². The summed E-state index contributed by atoms with van der Waals surface area (Å²) in [5.41, 5.74) is 0. The summed E-state index contributed by atoms with van der Waals surface area (Å²) < 4.78 is 0. The van der Waals surface area contributed by atoms with E-state index in [1.165, 1.54) is 0 Å². The van der Waals surface area contributed by atoms with Gasteiger partial charge in [0.05, 0.1) is 0 Å². The van der Waals surface area contributed by atoms with Gasteiger partial charge in [-0.15, -0.1) is 0 Å². The number of rotatable bonds is 0. The SMILES string of the molecule is [Al+3].[Al+3].[H-].[H-].[Li+].[Li+].[O-2].[O-2].[O-2].[SiH4].[SiH4]. The number of hydrogen-bond acceptors (Lipinski definition) is 0. The van der Waals surface area contributed by atoms with E-state index in [1.807, 2.05) is 0 Å². The third-order valence-electron chi connectivity index (χ3n) is 0. The molecule has 0 aromatic carbocycles. The van der Waals surface area contributed by atoms with Crippen molar-refractivity contribution < 1.29 is 57.0 Å². The van der Waals surface area contributed by atoms with Crippen molar-refractivity contribution in [2.75, 3.05) is 0 Å². The largest absolute Gasteiger partial charge is 3.00 e. The van der Waals surface area contributed by atoms with Crippen LogP contribution in [0.5, 0.6) is 0 Å². The fraction of sp³-hybridized carbons (Fsp3) is 0. The van der Waals surface area contributed by atoms with Crippen LogP contribution in [-0.4, -0.2) is 56.7 Å². The van der Waals surface area contributed by atoms with Gasteiger partial charge in [-0.25, -0.2) is 0 Å². The normalized spacial score (nSPS) is 0. The number of hydrogen-bond donors (Lipinski definition) is 0. The fourth-order valence-corrected chi connectivity index (χ4v) is 0. The van der Waals surface area contributed by atoms with Crippen molar-refractivity contribution in [1.82, 2.24) is 0 Å². The average Bonchev–Trinajstić information content (AvgIpc) is 0. The van der Waals surface area contributed by atoms with Crippen LogP contribution in [0.15, 0.2) is 0 Å². The molecule has 0 atom stereocenters. The Kier molecular flexibility index (Phi) is 3180. The molecule has 0 fully saturated rings. The minimum Gasteiger partial charge on any atom is -2.00 e. The summed E-state index contributed by atoms with van der Waals surface area (Å²) in [6.07, 6.45) is 0. The van der Waals surface area contributed by atoms with E-state index in [2.05, 4.69) is 0 Å². The van der Waals surface area contributed by atoms with E-state index in [1.54, 1.807) is 0 Å². The average molecular weight is 182 g/mol. The van der Waals surface area contributed by atoms with Crippen molar-refractivity contribution >= 4 is 56.7 Å².